The van der Waals surface area contributed by atoms with Gasteiger partial charge in [0.05, 0.1) is 5.41 Å². The van der Waals surface area contributed by atoms with Gasteiger partial charge in [-0.3, -0.25) is 4.84 Å². The fraction of sp³-hybridized carbons (Fsp3) is 0.385. The molecular formula is C13H15N3O2. The van der Waals surface area contributed by atoms with Gasteiger partial charge in [0.2, 0.25) is 0 Å². The van der Waals surface area contributed by atoms with Crippen molar-refractivity contribution in [2.45, 2.75) is 31.3 Å². The van der Waals surface area contributed by atoms with Crippen molar-refractivity contribution >= 4 is 0 Å². The minimum Gasteiger partial charge on any atom is -0.337 e. The highest BCUT2D eigenvalue weighted by Crippen LogP contribution is 2.47. The van der Waals surface area contributed by atoms with Crippen molar-refractivity contribution in [2.24, 2.45) is 5.90 Å². The third kappa shape index (κ3) is 1.72. The van der Waals surface area contributed by atoms with E-state index in [4.69, 9.17) is 10.4 Å². The van der Waals surface area contributed by atoms with Crippen molar-refractivity contribution in [1.82, 2.24) is 10.1 Å². The maximum atomic E-state index is 5.14. The Kier molecular flexibility index (Phi) is 2.85. The average Bonchev–Trinajstić information content (AvgIpc) is 2.79. The van der Waals surface area contributed by atoms with E-state index in [2.05, 4.69) is 27.1 Å². The molecule has 5 nitrogen and oxygen atoms in total. The van der Waals surface area contributed by atoms with Crippen LogP contribution in [0.1, 0.15) is 36.5 Å². The fourth-order valence-corrected chi connectivity index (χ4v) is 2.51. The number of nitrogens with two attached hydrogens (primary N) is 1. The van der Waals surface area contributed by atoms with Gasteiger partial charge in [-0.25, -0.2) is 5.90 Å². The van der Waals surface area contributed by atoms with E-state index < -0.39 is 0 Å². The lowest BCUT2D eigenvalue weighted by Gasteiger charge is -2.39. The van der Waals surface area contributed by atoms with E-state index in [1.165, 1.54) is 12.0 Å². The number of hydrogen-bond donors (Lipinski definition) is 1. The summed E-state index contributed by atoms with van der Waals surface area (Å²) in [6.45, 7) is 0.151. The van der Waals surface area contributed by atoms with Gasteiger partial charge >= 0.3 is 0 Å². The van der Waals surface area contributed by atoms with E-state index in [0.717, 1.165) is 18.7 Å². The van der Waals surface area contributed by atoms with Crippen LogP contribution >= 0.6 is 0 Å². The van der Waals surface area contributed by atoms with Crippen molar-refractivity contribution in [3.05, 3.63) is 47.6 Å². The van der Waals surface area contributed by atoms with Gasteiger partial charge in [0.15, 0.2) is 5.82 Å². The summed E-state index contributed by atoms with van der Waals surface area (Å²) in [5.41, 5.74) is 1.16. The van der Waals surface area contributed by atoms with Gasteiger partial charge in [0.1, 0.15) is 6.61 Å². The van der Waals surface area contributed by atoms with Gasteiger partial charge in [0, 0.05) is 0 Å². The molecule has 94 valence electrons. The van der Waals surface area contributed by atoms with Gasteiger partial charge in [-0.15, -0.1) is 0 Å². The van der Waals surface area contributed by atoms with Crippen molar-refractivity contribution in [3.8, 4) is 0 Å². The van der Waals surface area contributed by atoms with Crippen LogP contribution in [0.3, 0.4) is 0 Å². The molecule has 1 aliphatic carbocycles. The molecule has 5 heteroatoms. The second-order valence-electron chi connectivity index (χ2n) is 4.62. The Labute approximate surface area is 105 Å². The van der Waals surface area contributed by atoms with Crippen molar-refractivity contribution < 1.29 is 9.36 Å². The summed E-state index contributed by atoms with van der Waals surface area (Å²) in [6, 6.07) is 10.3. The Morgan fingerprint density at radius 2 is 2.06 bits per heavy atom. The summed E-state index contributed by atoms with van der Waals surface area (Å²) in [5.74, 6) is 6.18. The van der Waals surface area contributed by atoms with Crippen LogP contribution in [0.25, 0.3) is 0 Å². The van der Waals surface area contributed by atoms with E-state index in [1.54, 1.807) is 0 Å². The SMILES string of the molecule is NOCc1nc(C2(c3ccccc3)CCC2)no1. The van der Waals surface area contributed by atoms with Crippen LogP contribution in [0.15, 0.2) is 34.9 Å². The maximum absolute atomic E-state index is 5.14. The van der Waals surface area contributed by atoms with Crippen molar-refractivity contribution in [3.63, 3.8) is 0 Å². The number of hydrogen-bond acceptors (Lipinski definition) is 5. The van der Waals surface area contributed by atoms with Crippen LogP contribution in [0.2, 0.25) is 0 Å². The van der Waals surface area contributed by atoms with Crippen LogP contribution in [-0.4, -0.2) is 10.1 Å². The van der Waals surface area contributed by atoms with Crippen LogP contribution < -0.4 is 5.90 Å². The van der Waals surface area contributed by atoms with Gasteiger partial charge in [-0.05, 0) is 18.4 Å². The standard InChI is InChI=1S/C13H15N3O2/c14-17-9-11-15-12(16-18-11)13(7-4-8-13)10-5-2-1-3-6-10/h1-3,5-6H,4,7-9,14H2. The topological polar surface area (TPSA) is 74.2 Å². The molecule has 3 rings (SSSR count). The molecule has 1 aliphatic rings. The molecule has 1 aromatic carbocycles. The highest BCUT2D eigenvalue weighted by atomic mass is 16.6. The quantitative estimate of drug-likeness (QED) is 0.833. The van der Waals surface area contributed by atoms with Gasteiger partial charge in [-0.2, -0.15) is 4.98 Å². The van der Waals surface area contributed by atoms with Gasteiger partial charge in [-0.1, -0.05) is 41.9 Å². The average molecular weight is 245 g/mol. The summed E-state index contributed by atoms with van der Waals surface area (Å²) in [7, 11) is 0. The third-order valence-corrected chi connectivity index (χ3v) is 3.64. The largest absolute Gasteiger partial charge is 0.337 e. The minimum absolute atomic E-state index is 0.0857. The van der Waals surface area contributed by atoms with Crippen LogP contribution in [0.5, 0.6) is 0 Å². The summed E-state index contributed by atoms with van der Waals surface area (Å²) in [5, 5.41) is 4.08. The zero-order chi connectivity index (χ0) is 12.4. The summed E-state index contributed by atoms with van der Waals surface area (Å²) in [4.78, 5) is 8.90. The summed E-state index contributed by atoms with van der Waals surface area (Å²) < 4.78 is 5.14. The molecule has 0 amide bonds. The minimum atomic E-state index is -0.0857. The van der Waals surface area contributed by atoms with Crippen LogP contribution in [-0.2, 0) is 16.9 Å². The highest BCUT2D eigenvalue weighted by Gasteiger charge is 2.44. The molecule has 0 saturated heterocycles. The van der Waals surface area contributed by atoms with Crippen LogP contribution in [0.4, 0.5) is 0 Å². The lowest BCUT2D eigenvalue weighted by molar-refractivity contribution is 0.0995. The first-order chi connectivity index (χ1) is 8.85. The molecule has 1 aromatic heterocycles. The molecule has 0 unspecified atom stereocenters. The predicted octanol–water partition coefficient (Wildman–Crippen LogP) is 1.93. The Balaban J connectivity index is 1.96. The highest BCUT2D eigenvalue weighted by molar-refractivity contribution is 5.35. The number of benzene rings is 1. The Bertz CT molecular complexity index is 520. The molecule has 2 N–H and O–H groups in total. The van der Waals surface area contributed by atoms with E-state index in [9.17, 15) is 0 Å². The molecule has 1 fully saturated rings. The first-order valence-corrected chi connectivity index (χ1v) is 6.05. The van der Waals surface area contributed by atoms with Crippen LogP contribution in [0, 0.1) is 0 Å². The third-order valence-electron chi connectivity index (χ3n) is 3.64. The number of nitrogens with zero attached hydrogens (tertiary/aromatic N) is 2. The second kappa shape index (κ2) is 4.51. The molecule has 0 atom stereocenters. The molecule has 0 aliphatic heterocycles. The Morgan fingerprint density at radius 1 is 1.28 bits per heavy atom. The van der Waals surface area contributed by atoms with E-state index in [-0.39, 0.29) is 12.0 Å². The normalized spacial score (nSPS) is 17.4. The molecule has 2 aromatic rings. The second-order valence-corrected chi connectivity index (χ2v) is 4.62. The Morgan fingerprint density at radius 3 is 2.67 bits per heavy atom. The molecule has 1 heterocycles. The lowest BCUT2D eigenvalue weighted by atomic mass is 9.64. The van der Waals surface area contributed by atoms with Crippen molar-refractivity contribution in [2.75, 3.05) is 0 Å². The zero-order valence-electron chi connectivity index (χ0n) is 10.0. The predicted molar refractivity (Wildman–Crippen MR) is 64.3 cm³/mol. The first kappa shape index (κ1) is 11.4. The Hall–Kier alpha value is -1.72. The first-order valence-electron chi connectivity index (χ1n) is 6.05. The van der Waals surface area contributed by atoms with E-state index in [1.807, 2.05) is 18.2 Å². The molecule has 0 bridgehead atoms. The number of rotatable bonds is 4. The molecular weight excluding hydrogens is 230 g/mol. The van der Waals surface area contributed by atoms with E-state index >= 15 is 0 Å². The lowest BCUT2D eigenvalue weighted by Crippen LogP contribution is -2.36. The summed E-state index contributed by atoms with van der Waals surface area (Å²) >= 11 is 0. The van der Waals surface area contributed by atoms with E-state index in [0.29, 0.717) is 5.89 Å². The smallest absolute Gasteiger partial charge is 0.254 e. The maximum Gasteiger partial charge on any atom is 0.254 e. The fourth-order valence-electron chi connectivity index (χ4n) is 2.51. The monoisotopic (exact) mass is 245 g/mol. The van der Waals surface area contributed by atoms with Crippen molar-refractivity contribution in [1.29, 1.82) is 0 Å². The molecule has 0 spiro atoms. The molecule has 18 heavy (non-hydrogen) atoms. The molecule has 0 radical (unpaired) electrons. The van der Waals surface area contributed by atoms with Gasteiger partial charge in [0.25, 0.3) is 5.89 Å². The summed E-state index contributed by atoms with van der Waals surface area (Å²) in [6.07, 6.45) is 3.30. The van der Waals surface area contributed by atoms with Gasteiger partial charge < -0.3 is 4.52 Å². The number of aromatic nitrogens is 2. The molecule has 1 saturated carbocycles. The zero-order valence-corrected chi connectivity index (χ0v) is 10.0.